The zero-order valence-electron chi connectivity index (χ0n) is 17.7. The molecule has 1 amide bonds. The van der Waals surface area contributed by atoms with Gasteiger partial charge in [0.25, 0.3) is 15.9 Å². The van der Waals surface area contributed by atoms with E-state index in [1.807, 2.05) is 12.1 Å². The average molecular weight is 460 g/mol. The molecule has 8 nitrogen and oxygen atoms in total. The summed E-state index contributed by atoms with van der Waals surface area (Å²) in [5, 5.41) is 12.7. The molecule has 0 radical (unpaired) electrons. The highest BCUT2D eigenvalue weighted by Gasteiger charge is 2.27. The number of anilines is 2. The largest absolute Gasteiger partial charge is 0.321 e. The Morgan fingerprint density at radius 1 is 0.909 bits per heavy atom. The van der Waals surface area contributed by atoms with Crippen molar-refractivity contribution >= 4 is 38.1 Å². The number of aryl methyl sites for hydroxylation is 1. The Labute approximate surface area is 190 Å². The fourth-order valence-electron chi connectivity index (χ4n) is 4.75. The van der Waals surface area contributed by atoms with E-state index < -0.39 is 10.0 Å². The van der Waals surface area contributed by atoms with Crippen LogP contribution < -0.4 is 10.0 Å². The van der Waals surface area contributed by atoms with E-state index in [1.54, 1.807) is 36.4 Å². The standard InChI is InChI=1S/C24H21N5O3S/c30-24-17-9-6-8-16-20(13-12-19(25-24)22(16)17)33(31,32)28-18-10-4-3-7-15(18)23-27-26-21-11-2-1-5-14-29(21)23/h3-4,6-10,12-13,28H,1-2,5,11,14H2,(H,25,30). The van der Waals surface area contributed by atoms with Gasteiger partial charge in [-0.15, -0.1) is 10.2 Å². The normalized spacial score (nSPS) is 15.2. The molecule has 2 aliphatic rings. The van der Waals surface area contributed by atoms with Gasteiger partial charge in [-0.05, 0) is 43.2 Å². The van der Waals surface area contributed by atoms with Gasteiger partial charge in [-0.2, -0.15) is 0 Å². The molecule has 0 saturated heterocycles. The minimum atomic E-state index is -3.95. The Bertz CT molecular complexity index is 1540. The number of nitrogens with one attached hydrogen (secondary N) is 2. The molecule has 6 rings (SSSR count). The van der Waals surface area contributed by atoms with Crippen molar-refractivity contribution < 1.29 is 13.2 Å². The molecule has 166 valence electrons. The molecule has 0 spiro atoms. The van der Waals surface area contributed by atoms with Gasteiger partial charge in [0.05, 0.1) is 10.6 Å². The van der Waals surface area contributed by atoms with Gasteiger partial charge in [-0.1, -0.05) is 30.7 Å². The lowest BCUT2D eigenvalue weighted by atomic mass is 10.1. The number of benzene rings is 3. The molecule has 3 heterocycles. The second-order valence-electron chi connectivity index (χ2n) is 8.35. The first-order valence-electron chi connectivity index (χ1n) is 10.9. The molecule has 2 N–H and O–H groups in total. The Morgan fingerprint density at radius 2 is 1.76 bits per heavy atom. The van der Waals surface area contributed by atoms with Crippen molar-refractivity contribution in [3.8, 4) is 11.4 Å². The van der Waals surface area contributed by atoms with E-state index in [9.17, 15) is 13.2 Å². The van der Waals surface area contributed by atoms with Crippen LogP contribution in [0.15, 0.2) is 59.5 Å². The summed E-state index contributed by atoms with van der Waals surface area (Å²) in [6.07, 6.45) is 4.13. The quantitative estimate of drug-likeness (QED) is 0.476. The van der Waals surface area contributed by atoms with Crippen molar-refractivity contribution in [2.75, 3.05) is 10.0 Å². The highest BCUT2D eigenvalue weighted by Crippen LogP contribution is 2.38. The van der Waals surface area contributed by atoms with E-state index in [2.05, 4.69) is 24.8 Å². The van der Waals surface area contributed by atoms with Crippen molar-refractivity contribution in [1.29, 1.82) is 0 Å². The molecule has 0 atom stereocenters. The first kappa shape index (κ1) is 19.9. The first-order valence-corrected chi connectivity index (χ1v) is 12.4. The summed E-state index contributed by atoms with van der Waals surface area (Å²) in [6.45, 7) is 0.814. The molecule has 0 aliphatic carbocycles. The minimum Gasteiger partial charge on any atom is -0.321 e. The van der Waals surface area contributed by atoms with Gasteiger partial charge in [0.15, 0.2) is 5.82 Å². The molecule has 2 aliphatic heterocycles. The first-order chi connectivity index (χ1) is 16.0. The number of rotatable bonds is 4. The van der Waals surface area contributed by atoms with Crippen LogP contribution in [0.25, 0.3) is 22.2 Å². The summed E-state index contributed by atoms with van der Waals surface area (Å²) in [5.74, 6) is 1.38. The molecule has 1 aromatic heterocycles. The second kappa shape index (κ2) is 7.41. The lowest BCUT2D eigenvalue weighted by molar-refractivity contribution is 0.103. The molecule has 0 saturated carbocycles. The van der Waals surface area contributed by atoms with Crippen LogP contribution in [0.2, 0.25) is 0 Å². The van der Waals surface area contributed by atoms with E-state index in [0.29, 0.717) is 39.1 Å². The molecule has 0 fully saturated rings. The molecule has 0 bridgehead atoms. The summed E-state index contributed by atoms with van der Waals surface area (Å²) < 4.78 is 31.9. The van der Waals surface area contributed by atoms with E-state index in [-0.39, 0.29) is 10.8 Å². The van der Waals surface area contributed by atoms with Crippen molar-refractivity contribution in [3.63, 3.8) is 0 Å². The van der Waals surface area contributed by atoms with Crippen LogP contribution >= 0.6 is 0 Å². The van der Waals surface area contributed by atoms with Crippen LogP contribution in [0, 0.1) is 0 Å². The van der Waals surface area contributed by atoms with Crippen LogP contribution in [-0.4, -0.2) is 29.1 Å². The number of amides is 1. The Morgan fingerprint density at radius 3 is 2.67 bits per heavy atom. The minimum absolute atomic E-state index is 0.120. The topological polar surface area (TPSA) is 106 Å². The third kappa shape index (κ3) is 3.19. The molecule has 4 aromatic rings. The van der Waals surface area contributed by atoms with E-state index in [0.717, 1.165) is 38.1 Å². The SMILES string of the molecule is O=C1Nc2ccc(S(=O)(=O)Nc3ccccc3-c3nnc4n3CCCCC4)c3cccc1c23. The molecule has 9 heteroatoms. The fourth-order valence-corrected chi connectivity index (χ4v) is 6.03. The van der Waals surface area contributed by atoms with Crippen molar-refractivity contribution in [2.24, 2.45) is 0 Å². The van der Waals surface area contributed by atoms with E-state index in [1.165, 1.54) is 6.07 Å². The number of carbonyl (C=O) groups excluding carboxylic acids is 1. The summed E-state index contributed by atoms with van der Waals surface area (Å²) in [7, 11) is -3.95. The Kier molecular flexibility index (Phi) is 4.48. The summed E-state index contributed by atoms with van der Waals surface area (Å²) in [4.78, 5) is 12.3. The van der Waals surface area contributed by atoms with Gasteiger partial charge < -0.3 is 9.88 Å². The number of aromatic nitrogens is 3. The maximum Gasteiger partial charge on any atom is 0.262 e. The van der Waals surface area contributed by atoms with Crippen molar-refractivity contribution in [3.05, 3.63) is 66.0 Å². The van der Waals surface area contributed by atoms with Crippen LogP contribution in [0.4, 0.5) is 11.4 Å². The van der Waals surface area contributed by atoms with Gasteiger partial charge in [-0.25, -0.2) is 8.42 Å². The number of hydrogen-bond donors (Lipinski definition) is 2. The monoisotopic (exact) mass is 459 g/mol. The number of para-hydroxylation sites is 1. The van der Waals surface area contributed by atoms with Gasteiger partial charge in [0, 0.05) is 40.6 Å². The van der Waals surface area contributed by atoms with E-state index in [4.69, 9.17) is 0 Å². The third-order valence-corrected chi connectivity index (χ3v) is 7.73. The number of carbonyl (C=O) groups is 1. The predicted molar refractivity (Wildman–Crippen MR) is 126 cm³/mol. The molecule has 3 aromatic carbocycles. The molecular formula is C24H21N5O3S. The molecule has 33 heavy (non-hydrogen) atoms. The number of hydrogen-bond acceptors (Lipinski definition) is 5. The summed E-state index contributed by atoms with van der Waals surface area (Å²) in [6, 6.07) is 15.5. The Hall–Kier alpha value is -3.72. The van der Waals surface area contributed by atoms with Gasteiger partial charge in [0.2, 0.25) is 0 Å². The van der Waals surface area contributed by atoms with Crippen LogP contribution in [-0.2, 0) is 23.0 Å². The molecular weight excluding hydrogens is 438 g/mol. The summed E-state index contributed by atoms with van der Waals surface area (Å²) >= 11 is 0. The van der Waals surface area contributed by atoms with Crippen LogP contribution in [0.3, 0.4) is 0 Å². The zero-order valence-corrected chi connectivity index (χ0v) is 18.5. The fraction of sp³-hybridized carbons (Fsp3) is 0.208. The maximum absolute atomic E-state index is 13.5. The number of nitrogens with zero attached hydrogens (tertiary/aromatic N) is 3. The zero-order chi connectivity index (χ0) is 22.6. The second-order valence-corrected chi connectivity index (χ2v) is 10.00. The smallest absolute Gasteiger partial charge is 0.262 e. The highest BCUT2D eigenvalue weighted by molar-refractivity contribution is 7.93. The highest BCUT2D eigenvalue weighted by atomic mass is 32.2. The average Bonchev–Trinajstić information content (AvgIpc) is 3.26. The third-order valence-electron chi connectivity index (χ3n) is 6.30. The molecule has 0 unspecified atom stereocenters. The number of sulfonamides is 1. The van der Waals surface area contributed by atoms with Gasteiger partial charge >= 0.3 is 0 Å². The Balaban J connectivity index is 1.44. The lowest BCUT2D eigenvalue weighted by Gasteiger charge is -2.15. The van der Waals surface area contributed by atoms with E-state index >= 15 is 0 Å². The number of fused-ring (bicyclic) bond motifs is 1. The van der Waals surface area contributed by atoms with Gasteiger partial charge in [0.1, 0.15) is 5.82 Å². The van der Waals surface area contributed by atoms with Gasteiger partial charge in [-0.3, -0.25) is 9.52 Å². The lowest BCUT2D eigenvalue weighted by Crippen LogP contribution is -2.15. The van der Waals surface area contributed by atoms with Crippen LogP contribution in [0.5, 0.6) is 0 Å². The predicted octanol–water partition coefficient (Wildman–Crippen LogP) is 4.19. The maximum atomic E-state index is 13.5. The summed E-state index contributed by atoms with van der Waals surface area (Å²) in [5.41, 5.74) is 2.22. The van der Waals surface area contributed by atoms with Crippen molar-refractivity contribution in [1.82, 2.24) is 14.8 Å². The van der Waals surface area contributed by atoms with Crippen molar-refractivity contribution in [2.45, 2.75) is 37.1 Å². The van der Waals surface area contributed by atoms with Crippen LogP contribution in [0.1, 0.15) is 35.4 Å².